The zero-order valence-electron chi connectivity index (χ0n) is 14.2. The quantitative estimate of drug-likeness (QED) is 0.544. The maximum absolute atomic E-state index is 12.9. The third kappa shape index (κ3) is 3.06. The van der Waals surface area contributed by atoms with Crippen LogP contribution < -0.4 is 11.3 Å². The number of pyridine rings is 1. The van der Waals surface area contributed by atoms with Crippen LogP contribution in [0.15, 0.2) is 29.1 Å². The maximum atomic E-state index is 12.9. The highest BCUT2D eigenvalue weighted by Crippen LogP contribution is 2.24. The van der Waals surface area contributed by atoms with Gasteiger partial charge in [0, 0.05) is 23.7 Å². The van der Waals surface area contributed by atoms with Crippen molar-refractivity contribution in [2.24, 2.45) is 5.73 Å². The van der Waals surface area contributed by atoms with Gasteiger partial charge >= 0.3 is 5.97 Å². The van der Waals surface area contributed by atoms with Crippen molar-refractivity contribution >= 4 is 33.9 Å². The van der Waals surface area contributed by atoms with E-state index in [1.165, 1.54) is 13.2 Å². The van der Waals surface area contributed by atoms with Crippen LogP contribution in [0.1, 0.15) is 17.7 Å². The number of nitrogens with two attached hydrogens (primary N) is 1. The number of aromatic nitrogens is 3. The summed E-state index contributed by atoms with van der Waals surface area (Å²) in [7, 11) is 1.33. The Morgan fingerprint density at radius 2 is 2.24 bits per heavy atom. The van der Waals surface area contributed by atoms with E-state index in [0.29, 0.717) is 30.4 Å². The van der Waals surface area contributed by atoms with Crippen molar-refractivity contribution in [3.63, 3.8) is 0 Å². The Hall–Kier alpha value is -2.93. The fourth-order valence-corrected chi connectivity index (χ4v) is 2.92. The highest BCUT2D eigenvalue weighted by molar-refractivity contribution is 6.04. The Bertz CT molecular complexity index is 1030. The molecule has 3 aromatic rings. The molecule has 0 saturated heterocycles. The van der Waals surface area contributed by atoms with Gasteiger partial charge in [0.05, 0.1) is 18.0 Å². The molecule has 2 heterocycles. The summed E-state index contributed by atoms with van der Waals surface area (Å²) in [6.07, 6.45) is 3.74. The van der Waals surface area contributed by atoms with Gasteiger partial charge in [0.25, 0.3) is 5.56 Å². The van der Waals surface area contributed by atoms with Crippen LogP contribution in [0.25, 0.3) is 27.9 Å². The maximum Gasteiger partial charge on any atom is 0.330 e. The van der Waals surface area contributed by atoms with Gasteiger partial charge in [-0.2, -0.15) is 5.10 Å². The summed E-state index contributed by atoms with van der Waals surface area (Å²) >= 11 is 0. The minimum absolute atomic E-state index is 0.0694. The molecule has 0 radical (unpaired) electrons. The number of rotatable bonds is 5. The molecule has 7 nitrogen and oxygen atoms in total. The van der Waals surface area contributed by atoms with Gasteiger partial charge in [-0.15, -0.1) is 0 Å². The van der Waals surface area contributed by atoms with Crippen LogP contribution in [0.4, 0.5) is 0 Å². The normalized spacial score (nSPS) is 11.6. The fraction of sp³-hybridized carbons (Fsp3) is 0.278. The first-order valence-electron chi connectivity index (χ1n) is 8.04. The second kappa shape index (κ2) is 6.90. The predicted octanol–water partition coefficient (Wildman–Crippen LogP) is 1.72. The lowest BCUT2D eigenvalue weighted by molar-refractivity contribution is -0.134. The topological polar surface area (TPSA) is 103 Å². The number of carbonyl (C=O) groups excluding carboxylic acids is 1. The average Bonchev–Trinajstić information content (AvgIpc) is 3.01. The molecular weight excluding hydrogens is 320 g/mol. The van der Waals surface area contributed by atoms with E-state index in [-0.39, 0.29) is 5.56 Å². The molecule has 0 aliphatic carbocycles. The SMILES string of the molecule is COC(=O)C=Cc1ccc2c(c1)c1n[nH]c(C)c1c(=O)n2CCCN. The van der Waals surface area contributed by atoms with Crippen LogP contribution in [-0.4, -0.2) is 34.4 Å². The number of aryl methyl sites for hydroxylation is 2. The third-order valence-corrected chi connectivity index (χ3v) is 4.17. The van der Waals surface area contributed by atoms with Crippen molar-refractivity contribution in [1.82, 2.24) is 14.8 Å². The molecule has 0 aliphatic rings. The highest BCUT2D eigenvalue weighted by Gasteiger charge is 2.15. The van der Waals surface area contributed by atoms with Gasteiger partial charge in [0.1, 0.15) is 5.52 Å². The number of hydrogen-bond donors (Lipinski definition) is 2. The molecule has 0 bridgehead atoms. The molecule has 0 unspecified atom stereocenters. The molecule has 3 N–H and O–H groups in total. The Labute approximate surface area is 144 Å². The molecule has 130 valence electrons. The number of carbonyl (C=O) groups is 1. The van der Waals surface area contributed by atoms with Crippen molar-refractivity contribution in [2.75, 3.05) is 13.7 Å². The standard InChI is InChI=1S/C18H20N4O3/c1-11-16-17(21-20-11)13-10-12(5-7-15(23)25-2)4-6-14(13)22(18(16)24)9-3-8-19/h4-7,10H,3,8-9,19H2,1-2H3,(H,20,21). The van der Waals surface area contributed by atoms with Gasteiger partial charge < -0.3 is 15.0 Å². The number of benzene rings is 1. The highest BCUT2D eigenvalue weighted by atomic mass is 16.5. The first-order chi connectivity index (χ1) is 12.1. The molecule has 7 heteroatoms. The molecule has 0 amide bonds. The summed E-state index contributed by atoms with van der Waals surface area (Å²) in [5.41, 5.74) is 8.53. The summed E-state index contributed by atoms with van der Waals surface area (Å²) in [5.74, 6) is -0.422. The number of ether oxygens (including phenoxy) is 1. The van der Waals surface area contributed by atoms with Gasteiger partial charge in [0.2, 0.25) is 0 Å². The summed E-state index contributed by atoms with van der Waals surface area (Å²) in [5, 5.41) is 8.63. The van der Waals surface area contributed by atoms with E-state index in [9.17, 15) is 9.59 Å². The van der Waals surface area contributed by atoms with Crippen LogP contribution in [0.2, 0.25) is 0 Å². The Balaban J connectivity index is 2.26. The zero-order valence-corrected chi connectivity index (χ0v) is 14.2. The molecule has 0 spiro atoms. The second-order valence-electron chi connectivity index (χ2n) is 5.80. The number of fused-ring (bicyclic) bond motifs is 3. The lowest BCUT2D eigenvalue weighted by Gasteiger charge is -2.11. The lowest BCUT2D eigenvalue weighted by atomic mass is 10.1. The van der Waals surface area contributed by atoms with Crippen LogP contribution in [0.5, 0.6) is 0 Å². The Morgan fingerprint density at radius 3 is 2.96 bits per heavy atom. The van der Waals surface area contributed by atoms with Crippen molar-refractivity contribution in [1.29, 1.82) is 0 Å². The molecule has 0 fully saturated rings. The van der Waals surface area contributed by atoms with Crippen molar-refractivity contribution in [3.05, 3.63) is 45.9 Å². The van der Waals surface area contributed by atoms with E-state index in [0.717, 1.165) is 22.2 Å². The lowest BCUT2D eigenvalue weighted by Crippen LogP contribution is -2.22. The van der Waals surface area contributed by atoms with Gasteiger partial charge in [-0.3, -0.25) is 9.89 Å². The van der Waals surface area contributed by atoms with Gasteiger partial charge in [0.15, 0.2) is 0 Å². The van der Waals surface area contributed by atoms with Crippen molar-refractivity contribution < 1.29 is 9.53 Å². The predicted molar refractivity (Wildman–Crippen MR) is 97.3 cm³/mol. The van der Waals surface area contributed by atoms with Gasteiger partial charge in [-0.25, -0.2) is 4.79 Å². The van der Waals surface area contributed by atoms with Crippen molar-refractivity contribution in [2.45, 2.75) is 19.9 Å². The minimum atomic E-state index is -0.422. The van der Waals surface area contributed by atoms with Gasteiger partial charge in [-0.1, -0.05) is 6.07 Å². The van der Waals surface area contributed by atoms with Crippen LogP contribution in [0.3, 0.4) is 0 Å². The summed E-state index contributed by atoms with van der Waals surface area (Å²) in [6.45, 7) is 2.89. The van der Waals surface area contributed by atoms with Crippen LogP contribution in [0, 0.1) is 6.92 Å². The second-order valence-corrected chi connectivity index (χ2v) is 5.80. The van der Waals surface area contributed by atoms with E-state index in [4.69, 9.17) is 5.73 Å². The van der Waals surface area contributed by atoms with E-state index in [1.807, 2.05) is 25.1 Å². The van der Waals surface area contributed by atoms with Gasteiger partial charge in [-0.05, 0) is 43.7 Å². The summed E-state index contributed by atoms with van der Waals surface area (Å²) in [4.78, 5) is 24.2. The minimum Gasteiger partial charge on any atom is -0.466 e. The first kappa shape index (κ1) is 16.9. The van der Waals surface area contributed by atoms with E-state index < -0.39 is 5.97 Å². The molecule has 0 aliphatic heterocycles. The molecule has 3 rings (SSSR count). The third-order valence-electron chi connectivity index (χ3n) is 4.17. The molecular formula is C18H20N4O3. The number of H-pyrrole nitrogens is 1. The van der Waals surface area contributed by atoms with Crippen LogP contribution in [-0.2, 0) is 16.1 Å². The number of nitrogens with one attached hydrogen (secondary N) is 1. The first-order valence-corrected chi connectivity index (χ1v) is 8.04. The number of aromatic amines is 1. The Kier molecular flexibility index (Phi) is 4.67. The smallest absolute Gasteiger partial charge is 0.330 e. The number of esters is 1. The number of nitrogens with zero attached hydrogens (tertiary/aromatic N) is 2. The largest absolute Gasteiger partial charge is 0.466 e. The van der Waals surface area contributed by atoms with Crippen LogP contribution >= 0.6 is 0 Å². The molecule has 0 saturated carbocycles. The fourth-order valence-electron chi connectivity index (χ4n) is 2.92. The Morgan fingerprint density at radius 1 is 1.44 bits per heavy atom. The molecule has 0 atom stereocenters. The molecule has 2 aromatic heterocycles. The molecule has 1 aromatic carbocycles. The number of hydrogen-bond acceptors (Lipinski definition) is 5. The number of methoxy groups -OCH3 is 1. The average molecular weight is 340 g/mol. The zero-order chi connectivity index (χ0) is 18.0. The van der Waals surface area contributed by atoms with E-state index >= 15 is 0 Å². The van der Waals surface area contributed by atoms with Crippen molar-refractivity contribution in [3.8, 4) is 0 Å². The van der Waals surface area contributed by atoms with E-state index in [1.54, 1.807) is 10.6 Å². The van der Waals surface area contributed by atoms with E-state index in [2.05, 4.69) is 14.9 Å². The summed E-state index contributed by atoms with van der Waals surface area (Å²) in [6, 6.07) is 5.63. The molecule has 25 heavy (non-hydrogen) atoms. The summed E-state index contributed by atoms with van der Waals surface area (Å²) < 4.78 is 6.35. The monoisotopic (exact) mass is 340 g/mol.